The number of rotatable bonds is 14. The Balaban J connectivity index is 3.22. The fourth-order valence-electron chi connectivity index (χ4n) is 2.23. The number of unbranched alkanes of at least 4 members (excludes halogenated alkanes) is 8. The van der Waals surface area contributed by atoms with Crippen LogP contribution in [0.1, 0.15) is 84.0 Å². The summed E-state index contributed by atoms with van der Waals surface area (Å²) in [5, 5.41) is 9.79. The molecule has 114 valence electrons. The monoisotopic (exact) mass is 269 g/mol. The summed E-state index contributed by atoms with van der Waals surface area (Å²) in [5.41, 5.74) is 5.45. The highest BCUT2D eigenvalue weighted by molar-refractivity contribution is 4.83. The van der Waals surface area contributed by atoms with E-state index in [2.05, 4.69) is 19.1 Å². The van der Waals surface area contributed by atoms with Crippen LogP contribution in [0.3, 0.4) is 0 Å². The highest BCUT2D eigenvalue weighted by atomic mass is 16.3. The summed E-state index contributed by atoms with van der Waals surface area (Å²) in [6.45, 7) is 3.05. The Morgan fingerprint density at radius 3 is 2.32 bits per heavy atom. The number of aliphatic hydroxyl groups excluding tert-OH is 1. The Kier molecular flexibility index (Phi) is 15.4. The van der Waals surface area contributed by atoms with Crippen molar-refractivity contribution in [2.24, 2.45) is 5.73 Å². The molecule has 0 rings (SSSR count). The van der Waals surface area contributed by atoms with Gasteiger partial charge in [0.25, 0.3) is 0 Å². The van der Waals surface area contributed by atoms with Crippen LogP contribution in [0.4, 0.5) is 0 Å². The molecular formula is C17H35NO. The minimum atomic E-state index is -0.127. The number of aliphatic hydroxyl groups is 1. The quantitative estimate of drug-likeness (QED) is 0.358. The maximum Gasteiger partial charge on any atom is 0.0574 e. The van der Waals surface area contributed by atoms with Crippen LogP contribution in [0.2, 0.25) is 0 Å². The third-order valence-electron chi connectivity index (χ3n) is 3.54. The molecule has 0 aliphatic heterocycles. The molecule has 0 heterocycles. The largest absolute Gasteiger partial charge is 0.393 e. The van der Waals surface area contributed by atoms with Crippen LogP contribution in [-0.2, 0) is 0 Å². The van der Waals surface area contributed by atoms with Gasteiger partial charge in [0.2, 0.25) is 0 Å². The van der Waals surface area contributed by atoms with E-state index >= 15 is 0 Å². The summed E-state index contributed by atoms with van der Waals surface area (Å²) < 4.78 is 0. The Morgan fingerprint density at radius 1 is 0.895 bits per heavy atom. The lowest BCUT2D eigenvalue weighted by Crippen LogP contribution is -2.04. The topological polar surface area (TPSA) is 46.2 Å². The van der Waals surface area contributed by atoms with Crippen LogP contribution < -0.4 is 5.73 Å². The molecule has 1 atom stereocenters. The van der Waals surface area contributed by atoms with Crippen molar-refractivity contribution >= 4 is 0 Å². The molecule has 0 aliphatic rings. The molecule has 0 aromatic heterocycles. The number of allylic oxidation sites excluding steroid dienone is 1. The molecule has 0 aromatic carbocycles. The number of hydrogen-bond acceptors (Lipinski definition) is 2. The van der Waals surface area contributed by atoms with Crippen LogP contribution in [0.5, 0.6) is 0 Å². The summed E-state index contributed by atoms with van der Waals surface area (Å²) in [6, 6.07) is 0. The van der Waals surface area contributed by atoms with Gasteiger partial charge in [-0.15, -0.1) is 0 Å². The molecule has 1 unspecified atom stereocenters. The number of nitrogens with two attached hydrogens (primary N) is 1. The van der Waals surface area contributed by atoms with Gasteiger partial charge in [0, 0.05) is 0 Å². The predicted molar refractivity (Wildman–Crippen MR) is 85.3 cm³/mol. The van der Waals surface area contributed by atoms with Gasteiger partial charge in [-0.2, -0.15) is 0 Å². The standard InChI is InChI=1S/C17H35NO/c1-2-3-4-11-14-17(19)15-12-9-7-5-6-8-10-13-16-18/h9,12,17,19H,2-8,10-11,13-16,18H2,1H3/b12-9-. The van der Waals surface area contributed by atoms with Gasteiger partial charge in [0.05, 0.1) is 6.10 Å². The lowest BCUT2D eigenvalue weighted by molar-refractivity contribution is 0.163. The van der Waals surface area contributed by atoms with Crippen LogP contribution in [0.15, 0.2) is 12.2 Å². The van der Waals surface area contributed by atoms with Crippen molar-refractivity contribution in [3.8, 4) is 0 Å². The second kappa shape index (κ2) is 15.7. The van der Waals surface area contributed by atoms with E-state index in [1.165, 1.54) is 57.8 Å². The highest BCUT2D eigenvalue weighted by Crippen LogP contribution is 2.09. The summed E-state index contributed by atoms with van der Waals surface area (Å²) in [5.74, 6) is 0. The average Bonchev–Trinajstić information content (AvgIpc) is 2.42. The average molecular weight is 269 g/mol. The fourth-order valence-corrected chi connectivity index (χ4v) is 2.23. The van der Waals surface area contributed by atoms with Gasteiger partial charge in [-0.25, -0.2) is 0 Å². The molecule has 0 fully saturated rings. The lowest BCUT2D eigenvalue weighted by Gasteiger charge is -2.07. The Hall–Kier alpha value is -0.340. The fraction of sp³-hybridized carbons (Fsp3) is 0.882. The lowest BCUT2D eigenvalue weighted by atomic mass is 10.1. The first kappa shape index (κ1) is 18.7. The molecule has 0 amide bonds. The molecular weight excluding hydrogens is 234 g/mol. The van der Waals surface area contributed by atoms with Gasteiger partial charge in [0.15, 0.2) is 0 Å². The number of hydrogen-bond donors (Lipinski definition) is 2. The predicted octanol–water partition coefficient (Wildman–Crippen LogP) is 4.56. The third-order valence-corrected chi connectivity index (χ3v) is 3.54. The van der Waals surface area contributed by atoms with Crippen molar-refractivity contribution < 1.29 is 5.11 Å². The maximum atomic E-state index is 9.79. The molecule has 0 aromatic rings. The van der Waals surface area contributed by atoms with Gasteiger partial charge < -0.3 is 10.8 Å². The van der Waals surface area contributed by atoms with E-state index in [-0.39, 0.29) is 6.10 Å². The Labute approximate surface area is 120 Å². The van der Waals surface area contributed by atoms with Crippen molar-refractivity contribution in [1.82, 2.24) is 0 Å². The molecule has 0 bridgehead atoms. The molecule has 2 nitrogen and oxygen atoms in total. The highest BCUT2D eigenvalue weighted by Gasteiger charge is 2.00. The molecule has 0 spiro atoms. The van der Waals surface area contributed by atoms with Gasteiger partial charge in [-0.1, -0.05) is 64.0 Å². The first-order valence-electron chi connectivity index (χ1n) is 8.34. The van der Waals surface area contributed by atoms with Gasteiger partial charge in [-0.05, 0) is 38.6 Å². The molecule has 0 radical (unpaired) electrons. The van der Waals surface area contributed by atoms with Gasteiger partial charge in [-0.3, -0.25) is 0 Å². The minimum absolute atomic E-state index is 0.127. The Bertz CT molecular complexity index is 192. The summed E-state index contributed by atoms with van der Waals surface area (Å²) >= 11 is 0. The van der Waals surface area contributed by atoms with E-state index in [9.17, 15) is 5.11 Å². The third kappa shape index (κ3) is 15.6. The summed E-state index contributed by atoms with van der Waals surface area (Å²) in [4.78, 5) is 0. The SMILES string of the molecule is CCCCCCC(O)C/C=C\CCCCCCCN. The van der Waals surface area contributed by atoms with Crippen molar-refractivity contribution in [3.05, 3.63) is 12.2 Å². The molecule has 0 saturated carbocycles. The zero-order chi connectivity index (χ0) is 14.2. The van der Waals surface area contributed by atoms with Gasteiger partial charge in [0.1, 0.15) is 0 Å². The molecule has 0 saturated heterocycles. The van der Waals surface area contributed by atoms with Crippen molar-refractivity contribution in [2.75, 3.05) is 6.54 Å². The van der Waals surface area contributed by atoms with E-state index in [1.54, 1.807) is 0 Å². The van der Waals surface area contributed by atoms with Crippen LogP contribution >= 0.6 is 0 Å². The molecule has 3 N–H and O–H groups in total. The van der Waals surface area contributed by atoms with Crippen molar-refractivity contribution in [1.29, 1.82) is 0 Å². The molecule has 0 aliphatic carbocycles. The maximum absolute atomic E-state index is 9.79. The molecule has 2 heteroatoms. The normalized spacial score (nSPS) is 13.2. The summed E-state index contributed by atoms with van der Waals surface area (Å²) in [6.07, 6.45) is 18.5. The zero-order valence-corrected chi connectivity index (χ0v) is 12.9. The second-order valence-electron chi connectivity index (χ2n) is 5.56. The van der Waals surface area contributed by atoms with E-state index in [0.717, 1.165) is 25.8 Å². The van der Waals surface area contributed by atoms with Gasteiger partial charge >= 0.3 is 0 Å². The zero-order valence-electron chi connectivity index (χ0n) is 12.9. The van der Waals surface area contributed by atoms with E-state index < -0.39 is 0 Å². The molecule has 19 heavy (non-hydrogen) atoms. The van der Waals surface area contributed by atoms with E-state index in [1.807, 2.05) is 0 Å². The minimum Gasteiger partial charge on any atom is -0.393 e. The van der Waals surface area contributed by atoms with Crippen molar-refractivity contribution in [2.45, 2.75) is 90.1 Å². The van der Waals surface area contributed by atoms with E-state index in [0.29, 0.717) is 0 Å². The van der Waals surface area contributed by atoms with Crippen LogP contribution in [0.25, 0.3) is 0 Å². The second-order valence-corrected chi connectivity index (χ2v) is 5.56. The van der Waals surface area contributed by atoms with E-state index in [4.69, 9.17) is 5.73 Å². The van der Waals surface area contributed by atoms with Crippen molar-refractivity contribution in [3.63, 3.8) is 0 Å². The smallest absolute Gasteiger partial charge is 0.0574 e. The first-order chi connectivity index (χ1) is 9.31. The first-order valence-corrected chi connectivity index (χ1v) is 8.34. The van der Waals surface area contributed by atoms with Crippen LogP contribution in [-0.4, -0.2) is 17.8 Å². The summed E-state index contributed by atoms with van der Waals surface area (Å²) in [7, 11) is 0. The van der Waals surface area contributed by atoms with Crippen LogP contribution in [0, 0.1) is 0 Å². The Morgan fingerprint density at radius 2 is 1.58 bits per heavy atom.